The molecule has 15 atom stereocenters. The number of pyridine rings is 2. The molecule has 3 aromatic heterocycles. The van der Waals surface area contributed by atoms with Crippen LogP contribution < -0.4 is 11.1 Å². The van der Waals surface area contributed by atoms with E-state index in [1.54, 1.807) is 46.1 Å². The molecule has 0 spiro atoms. The number of thioether (sulfide) groups is 1. The Hall–Kier alpha value is -2.93. The first kappa shape index (κ1) is 52.4. The van der Waals surface area contributed by atoms with Gasteiger partial charge in [-0.25, -0.2) is 9.97 Å². The number of anilines is 2. The van der Waals surface area contributed by atoms with Crippen molar-refractivity contribution in [2.24, 2.45) is 29.6 Å². The number of ether oxygens (including phenoxy) is 5. The van der Waals surface area contributed by atoms with Gasteiger partial charge in [0.2, 0.25) is 0 Å². The van der Waals surface area contributed by atoms with Crippen LogP contribution in [0.3, 0.4) is 0 Å². The lowest BCUT2D eigenvalue weighted by atomic mass is 9.72. The number of hydrogen-bond acceptors (Lipinski definition) is 17. The van der Waals surface area contributed by atoms with Crippen molar-refractivity contribution >= 4 is 104 Å². The van der Waals surface area contributed by atoms with Crippen molar-refractivity contribution in [1.82, 2.24) is 24.4 Å². The van der Waals surface area contributed by atoms with Gasteiger partial charge in [-0.3, -0.25) is 24.2 Å². The molecule has 0 bridgehead atoms. The van der Waals surface area contributed by atoms with E-state index in [2.05, 4.69) is 20.3 Å². The molecule has 5 N–H and O–H groups in total. The number of cyclic esters (lactones) is 1. The van der Waals surface area contributed by atoms with Crippen molar-refractivity contribution in [2.45, 2.75) is 125 Å². The quantitative estimate of drug-likeness (QED) is 0.113. The van der Waals surface area contributed by atoms with Gasteiger partial charge in [0.25, 0.3) is 5.91 Å². The number of alkyl halides is 1. The Bertz CT molecular complexity index is 2280. The molecule has 18 nitrogen and oxygen atoms in total. The first-order valence-electron chi connectivity index (χ1n) is 21.8. The molecule has 3 aliphatic rings. The number of Topliss-reactive ketones (excluding diaryl/α,β-unsaturated/α-hetero) is 1. The number of imidazole rings is 1. The number of amides is 1. The molecule has 0 saturated carbocycles. The molecule has 6 rings (SSSR count). The number of nitrogens with one attached hydrogen (secondary N) is 1. The predicted molar refractivity (Wildman–Crippen MR) is 257 cm³/mol. The minimum atomic E-state index is -1.48. The number of carbonyl (C=O) groups is 4. The van der Waals surface area contributed by atoms with Crippen LogP contribution in [0.15, 0.2) is 24.9 Å². The van der Waals surface area contributed by atoms with Crippen LogP contribution in [-0.2, 0) is 44.6 Å². The highest BCUT2D eigenvalue weighted by molar-refractivity contribution is 14.1. The Morgan fingerprint density at radius 2 is 1.71 bits per heavy atom. The molecule has 0 unspecified atom stereocenters. The summed E-state index contributed by atoms with van der Waals surface area (Å²) in [5, 5.41) is 25.5. The van der Waals surface area contributed by atoms with Crippen LogP contribution in [0.25, 0.3) is 11.0 Å². The van der Waals surface area contributed by atoms with Crippen molar-refractivity contribution in [2.75, 3.05) is 38.0 Å². The summed E-state index contributed by atoms with van der Waals surface area (Å²) >= 11 is 15.7. The van der Waals surface area contributed by atoms with Gasteiger partial charge in [-0.15, -0.1) is 11.8 Å². The highest BCUT2D eigenvalue weighted by atomic mass is 127. The highest BCUT2D eigenvalue weighted by Crippen LogP contribution is 2.50. The zero-order valence-electron chi connectivity index (χ0n) is 38.6. The Morgan fingerprint density at radius 3 is 2.35 bits per heavy atom. The Kier molecular flexibility index (Phi) is 16.7. The Labute approximate surface area is 412 Å². The lowest BCUT2D eigenvalue weighted by Crippen LogP contribution is -2.60. The van der Waals surface area contributed by atoms with E-state index in [-0.39, 0.29) is 69.3 Å². The number of rotatable bonds is 10. The zero-order chi connectivity index (χ0) is 48.7. The summed E-state index contributed by atoms with van der Waals surface area (Å²) in [6, 6.07) is -0.295. The molecule has 1 amide bonds. The van der Waals surface area contributed by atoms with Gasteiger partial charge >= 0.3 is 11.9 Å². The summed E-state index contributed by atoms with van der Waals surface area (Å²) < 4.78 is 31.9. The van der Waals surface area contributed by atoms with Crippen LogP contribution in [0, 0.1) is 29.6 Å². The van der Waals surface area contributed by atoms with Gasteiger partial charge in [-0.05, 0) is 77.2 Å². The normalized spacial score (nSPS) is 35.9. The molecule has 3 aromatic rings. The van der Waals surface area contributed by atoms with E-state index < -0.39 is 92.6 Å². The number of aryl methyl sites for hydroxylation is 1. The third-order valence-electron chi connectivity index (χ3n) is 13.6. The maximum atomic E-state index is 14.9. The van der Waals surface area contributed by atoms with Gasteiger partial charge in [-0.2, -0.15) is 0 Å². The first-order valence-corrected chi connectivity index (χ1v) is 24.8. The van der Waals surface area contributed by atoms with Crippen molar-refractivity contribution in [3.05, 3.63) is 40.5 Å². The standard InChI is InChI=1S/C44H60Cl2IN7O11S/c1-19-14-43(6,61-10)36(63-41-34(57)27(53(8)9)13-20(2)62-41)22(4)33(56)23(5)39(59)64-42(47)44(7)28(21(3)32(19)55)35(40(60)65-44)66-12-11-54-18-51-30-31(54)24(15-50-37(30)48)38(58)52-29-25(45)16-49-17-26(29)46/h15-23,27-28,33-36,41-42,56-57H,11-14H2,1-10H3,(H2,48,50)(H,49,52,58)/t19-,20-,21-,22+,23-,27+,28+,33+,34-,35+,36-,41+,42+,43-,44+/m1/s1. The van der Waals surface area contributed by atoms with E-state index in [4.69, 9.17) is 52.6 Å². The number of nitrogens with two attached hydrogens (primary N) is 1. The number of fused-ring (bicyclic) bond motifs is 2. The summed E-state index contributed by atoms with van der Waals surface area (Å²) in [6.45, 7) is 12.4. The first-order chi connectivity index (χ1) is 30.9. The number of nitrogen functional groups attached to an aromatic ring is 1. The molecule has 0 radical (unpaired) electrons. The minimum absolute atomic E-state index is 0.0955. The number of aliphatic hydroxyl groups is 2. The van der Waals surface area contributed by atoms with Gasteiger partial charge < -0.3 is 54.4 Å². The van der Waals surface area contributed by atoms with E-state index in [0.717, 1.165) is 0 Å². The van der Waals surface area contributed by atoms with E-state index in [1.807, 2.05) is 48.5 Å². The minimum Gasteiger partial charge on any atom is -0.453 e. The smallest absolute Gasteiger partial charge is 0.320 e. The number of carbonyl (C=O) groups excluding carboxylic acids is 4. The number of methoxy groups -OCH3 is 1. The molecule has 22 heteroatoms. The molecule has 3 saturated heterocycles. The second kappa shape index (κ2) is 21.0. The molecule has 0 aromatic carbocycles. The largest absolute Gasteiger partial charge is 0.453 e. The molecule has 364 valence electrons. The molecule has 6 heterocycles. The number of esters is 2. The fourth-order valence-corrected chi connectivity index (χ4v) is 12.4. The van der Waals surface area contributed by atoms with Crippen LogP contribution in [-0.4, -0.2) is 143 Å². The summed E-state index contributed by atoms with van der Waals surface area (Å²) in [6.07, 6.45) is 1.38. The molecule has 66 heavy (non-hydrogen) atoms. The number of halogens is 3. The maximum absolute atomic E-state index is 14.9. The summed E-state index contributed by atoms with van der Waals surface area (Å²) in [7, 11) is 5.22. The number of likely N-dealkylation sites (N-methyl/N-ethyl adjacent to an activating group) is 1. The highest BCUT2D eigenvalue weighted by Gasteiger charge is 2.61. The van der Waals surface area contributed by atoms with E-state index in [0.29, 0.717) is 11.9 Å². The van der Waals surface area contributed by atoms with Crippen LogP contribution in [0.2, 0.25) is 10.0 Å². The van der Waals surface area contributed by atoms with Gasteiger partial charge in [0.05, 0.1) is 63.0 Å². The summed E-state index contributed by atoms with van der Waals surface area (Å²) in [4.78, 5) is 71.1. The average Bonchev–Trinajstić information content (AvgIpc) is 3.81. The van der Waals surface area contributed by atoms with Crippen molar-refractivity contribution in [3.8, 4) is 0 Å². The molecule has 0 aliphatic carbocycles. The van der Waals surface area contributed by atoms with Crippen LogP contribution in [0.4, 0.5) is 11.5 Å². The van der Waals surface area contributed by atoms with Gasteiger partial charge in [0.1, 0.15) is 22.7 Å². The van der Waals surface area contributed by atoms with Gasteiger partial charge in [-0.1, -0.05) is 44.0 Å². The number of ketones is 1. The number of hydrogen-bond donors (Lipinski definition) is 4. The van der Waals surface area contributed by atoms with Crippen LogP contribution in [0.1, 0.15) is 71.7 Å². The number of aliphatic hydroxyl groups excluding tert-OH is 2. The molecular weight excluding hydrogens is 1030 g/mol. The van der Waals surface area contributed by atoms with E-state index in [9.17, 15) is 29.4 Å². The van der Waals surface area contributed by atoms with Gasteiger partial charge in [0.15, 0.2) is 21.8 Å². The summed E-state index contributed by atoms with van der Waals surface area (Å²) in [5.74, 6) is -5.99. The fraction of sp³-hybridized carbons (Fsp3) is 0.659. The third kappa shape index (κ3) is 10.3. The number of aromatic nitrogens is 4. The SMILES string of the molecule is CO[C@]1(C)C[C@@H](C)C(=O)[C@H](C)[C@H]2[C@H](SCCn3cnc4c(N)ncc(C(=O)Nc5c(Cl)cncc5Cl)c43)C(=O)O[C@]2(C)[C@@H](I)OC(=O)[C@H](C)[C@@H](O)[C@H](C)[C@H]1O[C@@H]1O[C@H](C)C[C@H](N(C)C)[C@H]1O. The van der Waals surface area contributed by atoms with Crippen molar-refractivity contribution < 1.29 is 53.1 Å². The summed E-state index contributed by atoms with van der Waals surface area (Å²) in [5.41, 5.74) is 4.40. The number of nitrogens with zero attached hydrogens (tertiary/aromatic N) is 5. The Morgan fingerprint density at radius 1 is 1.05 bits per heavy atom. The molecular formula is C44H60Cl2IN7O11S. The van der Waals surface area contributed by atoms with Crippen LogP contribution >= 0.6 is 57.6 Å². The predicted octanol–water partition coefficient (Wildman–Crippen LogP) is 5.40. The van der Waals surface area contributed by atoms with E-state index >= 15 is 0 Å². The second-order valence-electron chi connectivity index (χ2n) is 18.4. The van der Waals surface area contributed by atoms with Crippen molar-refractivity contribution in [1.29, 1.82) is 0 Å². The van der Waals surface area contributed by atoms with Crippen LogP contribution in [0.5, 0.6) is 0 Å². The van der Waals surface area contributed by atoms with Crippen molar-refractivity contribution in [3.63, 3.8) is 0 Å². The maximum Gasteiger partial charge on any atom is 0.320 e. The lowest BCUT2D eigenvalue weighted by Gasteiger charge is -2.48. The topological polar surface area (TPSA) is 240 Å². The van der Waals surface area contributed by atoms with E-state index in [1.165, 1.54) is 43.8 Å². The Balaban J connectivity index is 1.30. The van der Waals surface area contributed by atoms with Gasteiger partial charge in [0, 0.05) is 67.7 Å². The fourth-order valence-electron chi connectivity index (χ4n) is 9.73. The lowest BCUT2D eigenvalue weighted by molar-refractivity contribution is -0.301. The third-order valence-corrected chi connectivity index (χ3v) is 16.9. The average molecular weight is 1090 g/mol. The monoisotopic (exact) mass is 1090 g/mol. The molecule has 3 fully saturated rings. The second-order valence-corrected chi connectivity index (χ2v) is 21.6. The molecule has 3 aliphatic heterocycles. The zero-order valence-corrected chi connectivity index (χ0v) is 43.1.